The van der Waals surface area contributed by atoms with Crippen LogP contribution in [0.1, 0.15) is 38.2 Å². The van der Waals surface area contributed by atoms with Crippen LogP contribution in [0, 0.1) is 0 Å². The first-order valence-corrected chi connectivity index (χ1v) is 6.89. The summed E-state index contributed by atoms with van der Waals surface area (Å²) in [6.07, 6.45) is 4.92. The highest BCUT2D eigenvalue weighted by Crippen LogP contribution is 2.21. The molecule has 0 bridgehead atoms. The average molecular weight is 249 g/mol. The lowest BCUT2D eigenvalue weighted by Crippen LogP contribution is -2.33. The smallest absolute Gasteiger partial charge is 0.0681 e. The van der Waals surface area contributed by atoms with Gasteiger partial charge in [-0.3, -0.25) is 0 Å². The minimum Gasteiger partial charge on any atom is -0.392 e. The maximum atomic E-state index is 9.01. The average Bonchev–Trinajstić information content (AvgIpc) is 2.40. The summed E-state index contributed by atoms with van der Waals surface area (Å²) >= 11 is 0. The Kier molecular flexibility index (Phi) is 5.02. The molecule has 0 aliphatic carbocycles. The molecule has 0 amide bonds. The predicted molar refractivity (Wildman–Crippen MR) is 73.7 cm³/mol. The minimum absolute atomic E-state index is 0.107. The SMILES string of the molecule is CCCC1CC(Nc2ccc(CO)cc2)CCO1. The number of hydrogen-bond acceptors (Lipinski definition) is 3. The van der Waals surface area contributed by atoms with Crippen molar-refractivity contribution in [3.63, 3.8) is 0 Å². The summed E-state index contributed by atoms with van der Waals surface area (Å²) in [7, 11) is 0. The highest BCUT2D eigenvalue weighted by Gasteiger charge is 2.21. The molecule has 1 aromatic carbocycles. The molecule has 1 heterocycles. The van der Waals surface area contributed by atoms with Gasteiger partial charge in [-0.05, 0) is 37.0 Å². The molecule has 2 unspecified atom stereocenters. The van der Waals surface area contributed by atoms with Crippen molar-refractivity contribution in [2.45, 2.75) is 51.4 Å². The topological polar surface area (TPSA) is 41.5 Å². The summed E-state index contributed by atoms with van der Waals surface area (Å²) in [5.74, 6) is 0. The van der Waals surface area contributed by atoms with Crippen molar-refractivity contribution < 1.29 is 9.84 Å². The van der Waals surface area contributed by atoms with E-state index in [1.807, 2.05) is 24.3 Å². The lowest BCUT2D eigenvalue weighted by atomic mass is 10.00. The highest BCUT2D eigenvalue weighted by atomic mass is 16.5. The molecule has 2 N–H and O–H groups in total. The lowest BCUT2D eigenvalue weighted by Gasteiger charge is -2.30. The second-order valence-electron chi connectivity index (χ2n) is 5.00. The van der Waals surface area contributed by atoms with Gasteiger partial charge >= 0.3 is 0 Å². The Hall–Kier alpha value is -1.06. The standard InChI is InChI=1S/C15H23NO2/c1-2-3-15-10-14(8-9-18-15)16-13-6-4-12(11-17)5-7-13/h4-7,14-17H,2-3,8-11H2,1H3. The van der Waals surface area contributed by atoms with Gasteiger partial charge in [0.2, 0.25) is 0 Å². The lowest BCUT2D eigenvalue weighted by molar-refractivity contribution is 0.00598. The van der Waals surface area contributed by atoms with Crippen molar-refractivity contribution >= 4 is 5.69 Å². The third-order valence-electron chi connectivity index (χ3n) is 3.49. The minimum atomic E-state index is 0.107. The Morgan fingerprint density at radius 2 is 2.11 bits per heavy atom. The van der Waals surface area contributed by atoms with E-state index >= 15 is 0 Å². The van der Waals surface area contributed by atoms with E-state index in [1.54, 1.807) is 0 Å². The number of aliphatic hydroxyl groups is 1. The first-order chi connectivity index (χ1) is 8.81. The molecule has 0 radical (unpaired) electrons. The fraction of sp³-hybridized carbons (Fsp3) is 0.600. The zero-order chi connectivity index (χ0) is 12.8. The molecule has 1 saturated heterocycles. The van der Waals surface area contributed by atoms with Crippen molar-refractivity contribution in [3.8, 4) is 0 Å². The number of aliphatic hydroxyl groups excluding tert-OH is 1. The second kappa shape index (κ2) is 6.76. The fourth-order valence-corrected chi connectivity index (χ4v) is 2.48. The summed E-state index contributed by atoms with van der Waals surface area (Å²) in [6, 6.07) is 8.51. The molecular formula is C15H23NO2. The summed E-state index contributed by atoms with van der Waals surface area (Å²) in [4.78, 5) is 0. The van der Waals surface area contributed by atoms with Crippen LogP contribution in [0.2, 0.25) is 0 Å². The fourth-order valence-electron chi connectivity index (χ4n) is 2.48. The van der Waals surface area contributed by atoms with E-state index < -0.39 is 0 Å². The molecule has 1 aliphatic heterocycles. The Labute approximate surface area is 109 Å². The molecule has 0 saturated carbocycles. The maximum absolute atomic E-state index is 9.01. The van der Waals surface area contributed by atoms with Gasteiger partial charge in [0.25, 0.3) is 0 Å². The Bertz CT molecular complexity index is 348. The van der Waals surface area contributed by atoms with Crippen molar-refractivity contribution in [2.75, 3.05) is 11.9 Å². The number of nitrogens with one attached hydrogen (secondary N) is 1. The van der Waals surface area contributed by atoms with Crippen LogP contribution in [-0.2, 0) is 11.3 Å². The normalized spacial score (nSPS) is 23.9. The maximum Gasteiger partial charge on any atom is 0.0681 e. The largest absolute Gasteiger partial charge is 0.392 e. The number of ether oxygens (including phenoxy) is 1. The molecule has 0 aromatic heterocycles. The molecule has 2 rings (SSSR count). The van der Waals surface area contributed by atoms with Gasteiger partial charge in [0.05, 0.1) is 12.7 Å². The van der Waals surface area contributed by atoms with Crippen LogP contribution in [0.4, 0.5) is 5.69 Å². The highest BCUT2D eigenvalue weighted by molar-refractivity contribution is 5.45. The van der Waals surface area contributed by atoms with Gasteiger partial charge < -0.3 is 15.2 Å². The van der Waals surface area contributed by atoms with Gasteiger partial charge in [0, 0.05) is 18.3 Å². The van der Waals surface area contributed by atoms with Crippen molar-refractivity contribution in [3.05, 3.63) is 29.8 Å². The van der Waals surface area contributed by atoms with Crippen LogP contribution in [0.3, 0.4) is 0 Å². The van der Waals surface area contributed by atoms with Gasteiger partial charge in [0.1, 0.15) is 0 Å². The number of rotatable bonds is 5. The van der Waals surface area contributed by atoms with E-state index in [1.165, 1.54) is 6.42 Å². The molecule has 2 atom stereocenters. The van der Waals surface area contributed by atoms with Crippen LogP contribution >= 0.6 is 0 Å². The number of anilines is 1. The molecule has 3 heteroatoms. The monoisotopic (exact) mass is 249 g/mol. The van der Waals surface area contributed by atoms with Crippen LogP contribution in [0.25, 0.3) is 0 Å². The van der Waals surface area contributed by atoms with Crippen LogP contribution in [0.5, 0.6) is 0 Å². The van der Waals surface area contributed by atoms with E-state index in [9.17, 15) is 0 Å². The van der Waals surface area contributed by atoms with E-state index in [0.29, 0.717) is 12.1 Å². The Balaban J connectivity index is 1.87. The number of benzene rings is 1. The Morgan fingerprint density at radius 3 is 2.78 bits per heavy atom. The van der Waals surface area contributed by atoms with E-state index in [2.05, 4.69) is 12.2 Å². The third-order valence-corrected chi connectivity index (χ3v) is 3.49. The molecule has 1 aromatic rings. The summed E-state index contributed by atoms with van der Waals surface area (Å²) in [5.41, 5.74) is 2.09. The first kappa shape index (κ1) is 13.4. The zero-order valence-corrected chi connectivity index (χ0v) is 11.1. The third kappa shape index (κ3) is 3.72. The molecule has 18 heavy (non-hydrogen) atoms. The van der Waals surface area contributed by atoms with Gasteiger partial charge in [-0.2, -0.15) is 0 Å². The van der Waals surface area contributed by atoms with Gasteiger partial charge in [0.15, 0.2) is 0 Å². The number of hydrogen-bond donors (Lipinski definition) is 2. The summed E-state index contributed by atoms with van der Waals surface area (Å²) in [5, 5.41) is 12.6. The van der Waals surface area contributed by atoms with Crippen molar-refractivity contribution in [1.29, 1.82) is 0 Å². The van der Waals surface area contributed by atoms with Crippen molar-refractivity contribution in [1.82, 2.24) is 0 Å². The molecule has 0 spiro atoms. The van der Waals surface area contributed by atoms with E-state index in [0.717, 1.165) is 37.1 Å². The van der Waals surface area contributed by atoms with Gasteiger partial charge in [-0.25, -0.2) is 0 Å². The summed E-state index contributed by atoms with van der Waals surface area (Å²) in [6.45, 7) is 3.17. The Morgan fingerprint density at radius 1 is 1.33 bits per heavy atom. The van der Waals surface area contributed by atoms with Gasteiger partial charge in [-0.1, -0.05) is 25.5 Å². The predicted octanol–water partition coefficient (Wildman–Crippen LogP) is 2.94. The molecule has 3 nitrogen and oxygen atoms in total. The van der Waals surface area contributed by atoms with Crippen LogP contribution < -0.4 is 5.32 Å². The molecule has 100 valence electrons. The second-order valence-corrected chi connectivity index (χ2v) is 5.00. The quantitative estimate of drug-likeness (QED) is 0.843. The zero-order valence-electron chi connectivity index (χ0n) is 11.1. The molecule has 1 aliphatic rings. The van der Waals surface area contributed by atoms with E-state index in [4.69, 9.17) is 9.84 Å². The van der Waals surface area contributed by atoms with Crippen molar-refractivity contribution in [2.24, 2.45) is 0 Å². The first-order valence-electron chi connectivity index (χ1n) is 6.89. The van der Waals surface area contributed by atoms with Crippen LogP contribution in [0.15, 0.2) is 24.3 Å². The van der Waals surface area contributed by atoms with Crippen LogP contribution in [-0.4, -0.2) is 23.9 Å². The summed E-state index contributed by atoms with van der Waals surface area (Å²) < 4.78 is 5.75. The van der Waals surface area contributed by atoms with Gasteiger partial charge in [-0.15, -0.1) is 0 Å². The molecular weight excluding hydrogens is 226 g/mol. The molecule has 1 fully saturated rings. The van der Waals surface area contributed by atoms with E-state index in [-0.39, 0.29) is 6.61 Å².